The quantitative estimate of drug-likeness (QED) is 0.454. The van der Waals surface area contributed by atoms with Gasteiger partial charge in [0.1, 0.15) is 0 Å². The van der Waals surface area contributed by atoms with Gasteiger partial charge < -0.3 is 14.5 Å². The van der Waals surface area contributed by atoms with Gasteiger partial charge in [0.15, 0.2) is 4.80 Å². The molecule has 1 saturated heterocycles. The molecule has 8 heteroatoms. The predicted octanol–water partition coefficient (Wildman–Crippen LogP) is 3.77. The first-order chi connectivity index (χ1) is 18.3. The number of carbonyl (C=O) groups is 1. The number of aryl methyl sites for hydroxylation is 1. The van der Waals surface area contributed by atoms with Gasteiger partial charge in [-0.3, -0.25) is 9.36 Å². The molecule has 198 valence electrons. The van der Waals surface area contributed by atoms with E-state index in [0.717, 1.165) is 35.5 Å². The van der Waals surface area contributed by atoms with Crippen LogP contribution in [0.1, 0.15) is 49.4 Å². The molecule has 2 aromatic carbocycles. The van der Waals surface area contributed by atoms with Crippen LogP contribution in [-0.4, -0.2) is 44.3 Å². The summed E-state index contributed by atoms with van der Waals surface area (Å²) < 4.78 is 7.64. The molecule has 3 heterocycles. The number of fused-ring (bicyclic) bond motifs is 1. The van der Waals surface area contributed by atoms with Crippen molar-refractivity contribution in [1.29, 1.82) is 0 Å². The zero-order valence-corrected chi connectivity index (χ0v) is 23.5. The van der Waals surface area contributed by atoms with Crippen molar-refractivity contribution >= 4 is 34.8 Å². The van der Waals surface area contributed by atoms with Crippen LogP contribution < -0.4 is 24.7 Å². The number of benzene rings is 2. The van der Waals surface area contributed by atoms with Crippen molar-refractivity contribution < 1.29 is 9.53 Å². The minimum Gasteiger partial charge on any atom is -0.463 e. The molecule has 3 aromatic rings. The molecule has 7 nitrogen and oxygen atoms in total. The van der Waals surface area contributed by atoms with E-state index in [1.165, 1.54) is 29.9 Å². The summed E-state index contributed by atoms with van der Waals surface area (Å²) >= 11 is 1.36. The Morgan fingerprint density at radius 2 is 1.84 bits per heavy atom. The molecule has 1 aromatic heterocycles. The van der Waals surface area contributed by atoms with Gasteiger partial charge in [0.05, 0.1) is 28.5 Å². The van der Waals surface area contributed by atoms with E-state index in [4.69, 9.17) is 4.74 Å². The Morgan fingerprint density at radius 3 is 2.47 bits per heavy atom. The zero-order chi connectivity index (χ0) is 27.0. The maximum Gasteiger partial charge on any atom is 0.338 e. The van der Waals surface area contributed by atoms with Crippen molar-refractivity contribution in [3.63, 3.8) is 0 Å². The number of rotatable bonds is 6. The fourth-order valence-corrected chi connectivity index (χ4v) is 6.23. The molecule has 0 unspecified atom stereocenters. The van der Waals surface area contributed by atoms with E-state index in [1.807, 2.05) is 56.3 Å². The van der Waals surface area contributed by atoms with Gasteiger partial charge in [-0.05, 0) is 80.6 Å². The minimum absolute atomic E-state index is 0.159. The molecular weight excluding hydrogens is 496 g/mol. The van der Waals surface area contributed by atoms with Gasteiger partial charge in [-0.25, -0.2) is 9.79 Å². The van der Waals surface area contributed by atoms with Crippen LogP contribution in [0.2, 0.25) is 0 Å². The van der Waals surface area contributed by atoms with E-state index >= 15 is 0 Å². The standard InChI is InChI=1S/C30H34N4O3S/c1-6-37-29(36)26-20(3)31-30-34(27(26)21-9-12-23(13-10-21)32(4)5)28(35)25(38-30)18-22-11-14-24(17-19(22)2)33-15-7-8-16-33/h9-14,17-18,27H,6-8,15-16H2,1-5H3/b25-18+/t27-/m1/s1. The van der Waals surface area contributed by atoms with E-state index in [2.05, 4.69) is 35.0 Å². The summed E-state index contributed by atoms with van der Waals surface area (Å²) in [5, 5.41) is 0. The van der Waals surface area contributed by atoms with Crippen molar-refractivity contribution in [3.05, 3.63) is 90.1 Å². The topological polar surface area (TPSA) is 67.1 Å². The van der Waals surface area contributed by atoms with Gasteiger partial charge in [0, 0.05) is 38.6 Å². The Bertz CT molecular complexity index is 1570. The second-order valence-electron chi connectivity index (χ2n) is 10.0. The maximum absolute atomic E-state index is 13.9. The molecule has 0 N–H and O–H groups in total. The number of esters is 1. The van der Waals surface area contributed by atoms with E-state index in [9.17, 15) is 9.59 Å². The first kappa shape index (κ1) is 26.0. The number of ether oxygens (including phenoxy) is 1. The highest BCUT2D eigenvalue weighted by atomic mass is 32.1. The van der Waals surface area contributed by atoms with Crippen LogP contribution in [-0.2, 0) is 9.53 Å². The molecule has 2 aliphatic rings. The minimum atomic E-state index is -0.609. The van der Waals surface area contributed by atoms with Crippen molar-refractivity contribution in [2.24, 2.45) is 4.99 Å². The summed E-state index contributed by atoms with van der Waals surface area (Å²) in [6.07, 6.45) is 4.41. The number of thiazole rings is 1. The molecular formula is C30H34N4O3S. The van der Waals surface area contributed by atoms with Gasteiger partial charge in [0.2, 0.25) is 0 Å². The van der Waals surface area contributed by atoms with E-state index in [0.29, 0.717) is 20.6 Å². The summed E-state index contributed by atoms with van der Waals surface area (Å²) in [5.41, 5.74) is 6.05. The number of carbonyl (C=O) groups excluding carboxylic acids is 1. The average Bonchev–Trinajstić information content (AvgIpc) is 3.53. The Hall–Kier alpha value is -3.65. The summed E-state index contributed by atoms with van der Waals surface area (Å²) in [4.78, 5) is 36.7. The molecule has 1 atom stereocenters. The summed E-state index contributed by atoms with van der Waals surface area (Å²) in [6.45, 7) is 8.11. The maximum atomic E-state index is 13.9. The molecule has 0 bridgehead atoms. The Kier molecular flexibility index (Phi) is 7.25. The molecule has 5 rings (SSSR count). The van der Waals surface area contributed by atoms with Crippen LogP contribution in [0.3, 0.4) is 0 Å². The smallest absolute Gasteiger partial charge is 0.338 e. The molecule has 0 amide bonds. The number of allylic oxidation sites excluding steroid dienone is 1. The van der Waals surface area contributed by atoms with Gasteiger partial charge in [-0.1, -0.05) is 29.5 Å². The van der Waals surface area contributed by atoms with Crippen LogP contribution in [0.15, 0.2) is 63.5 Å². The van der Waals surface area contributed by atoms with E-state index < -0.39 is 12.0 Å². The highest BCUT2D eigenvalue weighted by molar-refractivity contribution is 7.07. The second-order valence-corrected chi connectivity index (χ2v) is 11.0. The highest BCUT2D eigenvalue weighted by Gasteiger charge is 2.33. The third-order valence-electron chi connectivity index (χ3n) is 7.25. The normalized spacial score (nSPS) is 17.4. The van der Waals surface area contributed by atoms with Gasteiger partial charge in [-0.15, -0.1) is 0 Å². The molecule has 38 heavy (non-hydrogen) atoms. The summed E-state index contributed by atoms with van der Waals surface area (Å²) in [5.74, 6) is -0.446. The van der Waals surface area contributed by atoms with Gasteiger partial charge >= 0.3 is 5.97 Å². The van der Waals surface area contributed by atoms with Crippen molar-refractivity contribution in [1.82, 2.24) is 4.57 Å². The third-order valence-corrected chi connectivity index (χ3v) is 8.24. The lowest BCUT2D eigenvalue weighted by atomic mass is 9.95. The zero-order valence-electron chi connectivity index (χ0n) is 22.7. The largest absolute Gasteiger partial charge is 0.463 e. The summed E-state index contributed by atoms with van der Waals surface area (Å²) in [7, 11) is 3.96. The number of aromatic nitrogens is 1. The molecule has 0 spiro atoms. The molecule has 0 radical (unpaired) electrons. The van der Waals surface area contributed by atoms with Gasteiger partial charge in [0.25, 0.3) is 5.56 Å². The van der Waals surface area contributed by atoms with E-state index in [1.54, 1.807) is 11.5 Å². The number of hydrogen-bond donors (Lipinski definition) is 0. The van der Waals surface area contributed by atoms with Crippen LogP contribution in [0.5, 0.6) is 0 Å². The van der Waals surface area contributed by atoms with Crippen molar-refractivity contribution in [3.8, 4) is 0 Å². The lowest BCUT2D eigenvalue weighted by molar-refractivity contribution is -0.139. The predicted molar refractivity (Wildman–Crippen MR) is 154 cm³/mol. The Balaban J connectivity index is 1.63. The second kappa shape index (κ2) is 10.6. The monoisotopic (exact) mass is 530 g/mol. The number of hydrogen-bond acceptors (Lipinski definition) is 7. The van der Waals surface area contributed by atoms with E-state index in [-0.39, 0.29) is 12.2 Å². The van der Waals surface area contributed by atoms with Crippen LogP contribution in [0, 0.1) is 6.92 Å². The lowest BCUT2D eigenvalue weighted by Gasteiger charge is -2.25. The molecule has 0 saturated carbocycles. The number of nitrogens with zero attached hydrogens (tertiary/aromatic N) is 4. The summed E-state index contributed by atoms with van der Waals surface area (Å²) in [6, 6.07) is 13.7. The Morgan fingerprint density at radius 1 is 1.13 bits per heavy atom. The molecule has 2 aliphatic heterocycles. The van der Waals surface area contributed by atoms with Crippen LogP contribution in [0.4, 0.5) is 11.4 Å². The lowest BCUT2D eigenvalue weighted by Crippen LogP contribution is -2.40. The molecule has 0 aliphatic carbocycles. The van der Waals surface area contributed by atoms with Crippen molar-refractivity contribution in [2.45, 2.75) is 39.7 Å². The first-order valence-corrected chi connectivity index (χ1v) is 13.9. The number of anilines is 2. The SMILES string of the molecule is CCOC(=O)C1=C(C)N=c2s/c(=C/c3ccc(N4CCCC4)cc3C)c(=O)n2[C@@H]1c1ccc(N(C)C)cc1. The average molecular weight is 531 g/mol. The van der Waals surface area contributed by atoms with Crippen molar-refractivity contribution in [2.75, 3.05) is 43.6 Å². The fraction of sp³-hybridized carbons (Fsp3) is 0.367. The molecule has 1 fully saturated rings. The Labute approximate surface area is 227 Å². The fourth-order valence-electron chi connectivity index (χ4n) is 5.20. The van der Waals surface area contributed by atoms with Gasteiger partial charge in [-0.2, -0.15) is 0 Å². The third kappa shape index (κ3) is 4.80. The first-order valence-electron chi connectivity index (χ1n) is 13.1. The highest BCUT2D eigenvalue weighted by Crippen LogP contribution is 2.31. The van der Waals surface area contributed by atoms with Crippen LogP contribution >= 0.6 is 11.3 Å². The van der Waals surface area contributed by atoms with Crippen LogP contribution in [0.25, 0.3) is 6.08 Å².